The second-order valence-corrected chi connectivity index (χ2v) is 4.85. The van der Waals surface area contributed by atoms with E-state index in [9.17, 15) is 4.79 Å². The lowest BCUT2D eigenvalue weighted by molar-refractivity contribution is -0.130. The average Bonchev–Trinajstić information content (AvgIpc) is 2.68. The number of hydrogen-bond acceptors (Lipinski definition) is 4. The number of nitrogens with two attached hydrogens (primary N) is 1. The molecule has 1 aliphatic rings. The summed E-state index contributed by atoms with van der Waals surface area (Å²) in [4.78, 5) is 12.4. The van der Waals surface area contributed by atoms with E-state index in [-0.39, 0.29) is 5.91 Å². The maximum absolute atomic E-state index is 12.4. The Balaban J connectivity index is 2.12. The minimum absolute atomic E-state index is 0.0312. The van der Waals surface area contributed by atoms with Gasteiger partial charge in [0, 0.05) is 32.9 Å². The van der Waals surface area contributed by atoms with Crippen molar-refractivity contribution in [1.29, 1.82) is 0 Å². The summed E-state index contributed by atoms with van der Waals surface area (Å²) >= 11 is 0. The highest BCUT2D eigenvalue weighted by molar-refractivity contribution is 5.95. The predicted molar refractivity (Wildman–Crippen MR) is 68.1 cm³/mol. The third-order valence-electron chi connectivity index (χ3n) is 3.57. The zero-order valence-electron chi connectivity index (χ0n) is 10.9. The van der Waals surface area contributed by atoms with Gasteiger partial charge in [0.1, 0.15) is 5.82 Å². The fourth-order valence-electron chi connectivity index (χ4n) is 2.26. The lowest BCUT2D eigenvalue weighted by atomic mass is 9.79. The molecule has 0 unspecified atom stereocenters. The Hall–Kier alpha value is -1.40. The van der Waals surface area contributed by atoms with E-state index in [2.05, 4.69) is 10.4 Å². The maximum atomic E-state index is 12.4. The lowest BCUT2D eigenvalue weighted by Crippen LogP contribution is -2.46. The summed E-state index contributed by atoms with van der Waals surface area (Å²) in [5.41, 5.74) is 6.17. The minimum atomic E-state index is -0.504. The van der Waals surface area contributed by atoms with E-state index < -0.39 is 5.41 Å². The zero-order chi connectivity index (χ0) is 13.2. The first-order chi connectivity index (χ1) is 8.57. The van der Waals surface area contributed by atoms with Crippen LogP contribution in [0.1, 0.15) is 18.5 Å². The van der Waals surface area contributed by atoms with Crippen LogP contribution >= 0.6 is 0 Å². The molecule has 0 aromatic carbocycles. The van der Waals surface area contributed by atoms with Crippen LogP contribution in [0, 0.1) is 12.3 Å². The van der Waals surface area contributed by atoms with Gasteiger partial charge in [-0.1, -0.05) is 0 Å². The van der Waals surface area contributed by atoms with Crippen LogP contribution in [-0.4, -0.2) is 35.4 Å². The fourth-order valence-corrected chi connectivity index (χ4v) is 2.26. The number of carbonyl (C=O) groups excluding carboxylic acids is 1. The molecule has 0 radical (unpaired) electrons. The quantitative estimate of drug-likeness (QED) is 0.817. The second-order valence-electron chi connectivity index (χ2n) is 4.85. The van der Waals surface area contributed by atoms with Crippen molar-refractivity contribution in [3.05, 3.63) is 11.8 Å². The smallest absolute Gasteiger partial charge is 0.233 e. The van der Waals surface area contributed by atoms with Crippen molar-refractivity contribution in [3.8, 4) is 0 Å². The zero-order valence-corrected chi connectivity index (χ0v) is 10.9. The van der Waals surface area contributed by atoms with Crippen molar-refractivity contribution in [3.63, 3.8) is 0 Å². The molecule has 100 valence electrons. The van der Waals surface area contributed by atoms with Crippen molar-refractivity contribution in [1.82, 2.24) is 9.78 Å². The van der Waals surface area contributed by atoms with Gasteiger partial charge in [0.15, 0.2) is 0 Å². The summed E-state index contributed by atoms with van der Waals surface area (Å²) in [6, 6.07) is 1.85. The monoisotopic (exact) mass is 252 g/mol. The Kier molecular flexibility index (Phi) is 3.68. The number of carbonyl (C=O) groups is 1. The molecule has 6 heteroatoms. The van der Waals surface area contributed by atoms with Crippen LogP contribution in [0.15, 0.2) is 6.07 Å². The molecule has 1 amide bonds. The first-order valence-corrected chi connectivity index (χ1v) is 6.17. The molecule has 6 nitrogen and oxygen atoms in total. The van der Waals surface area contributed by atoms with E-state index in [1.54, 1.807) is 4.68 Å². The van der Waals surface area contributed by atoms with Crippen LogP contribution in [0.25, 0.3) is 0 Å². The summed E-state index contributed by atoms with van der Waals surface area (Å²) in [6.07, 6.45) is 1.35. The summed E-state index contributed by atoms with van der Waals surface area (Å²) in [7, 11) is 1.81. The highest BCUT2D eigenvalue weighted by atomic mass is 16.5. The second kappa shape index (κ2) is 5.07. The molecule has 0 spiro atoms. The maximum Gasteiger partial charge on any atom is 0.233 e. The summed E-state index contributed by atoms with van der Waals surface area (Å²) in [5, 5.41) is 7.12. The Morgan fingerprint density at radius 1 is 1.61 bits per heavy atom. The number of aryl methyl sites for hydroxylation is 2. The summed E-state index contributed by atoms with van der Waals surface area (Å²) in [6.45, 7) is 3.42. The number of nitrogens with zero attached hydrogens (tertiary/aromatic N) is 2. The minimum Gasteiger partial charge on any atom is -0.381 e. The molecule has 2 rings (SSSR count). The molecule has 0 saturated carbocycles. The lowest BCUT2D eigenvalue weighted by Gasteiger charge is -2.34. The van der Waals surface area contributed by atoms with Gasteiger partial charge in [0.05, 0.1) is 11.1 Å². The number of ether oxygens (including phenoxy) is 1. The Bertz CT molecular complexity index is 435. The van der Waals surface area contributed by atoms with Crippen LogP contribution < -0.4 is 11.1 Å². The Morgan fingerprint density at radius 2 is 2.28 bits per heavy atom. The molecular formula is C12H20N4O2. The molecule has 1 aliphatic heterocycles. The number of hydrogen-bond donors (Lipinski definition) is 2. The van der Waals surface area contributed by atoms with Crippen LogP contribution in [0.5, 0.6) is 0 Å². The first kappa shape index (κ1) is 13.0. The van der Waals surface area contributed by atoms with Crippen LogP contribution in [0.3, 0.4) is 0 Å². The van der Waals surface area contributed by atoms with Gasteiger partial charge in [0.2, 0.25) is 5.91 Å². The van der Waals surface area contributed by atoms with Crippen molar-refractivity contribution in [2.45, 2.75) is 19.8 Å². The van der Waals surface area contributed by atoms with Crippen LogP contribution in [0.4, 0.5) is 5.82 Å². The average molecular weight is 252 g/mol. The molecule has 1 saturated heterocycles. The molecule has 0 atom stereocenters. The molecule has 2 heterocycles. The van der Waals surface area contributed by atoms with Gasteiger partial charge in [-0.25, -0.2) is 0 Å². The van der Waals surface area contributed by atoms with Gasteiger partial charge in [-0.3, -0.25) is 9.48 Å². The molecule has 1 aromatic rings. The van der Waals surface area contributed by atoms with Gasteiger partial charge in [-0.05, 0) is 19.8 Å². The van der Waals surface area contributed by atoms with Crippen molar-refractivity contribution >= 4 is 11.7 Å². The SMILES string of the molecule is Cc1cc(NC(=O)C2(CN)CCOCC2)n(C)n1. The van der Waals surface area contributed by atoms with Crippen molar-refractivity contribution in [2.75, 3.05) is 25.1 Å². The number of rotatable bonds is 3. The molecular weight excluding hydrogens is 232 g/mol. The third kappa shape index (κ3) is 2.39. The molecule has 3 N–H and O–H groups in total. The van der Waals surface area contributed by atoms with E-state index in [4.69, 9.17) is 10.5 Å². The van der Waals surface area contributed by atoms with Gasteiger partial charge in [-0.2, -0.15) is 5.10 Å². The van der Waals surface area contributed by atoms with Crippen LogP contribution in [0.2, 0.25) is 0 Å². The van der Waals surface area contributed by atoms with Gasteiger partial charge in [-0.15, -0.1) is 0 Å². The molecule has 18 heavy (non-hydrogen) atoms. The van der Waals surface area contributed by atoms with E-state index in [1.165, 1.54) is 0 Å². The first-order valence-electron chi connectivity index (χ1n) is 6.17. The Morgan fingerprint density at radius 3 is 2.78 bits per heavy atom. The molecule has 0 aliphatic carbocycles. The number of nitrogens with one attached hydrogen (secondary N) is 1. The van der Waals surface area contributed by atoms with Crippen molar-refractivity contribution in [2.24, 2.45) is 18.2 Å². The largest absolute Gasteiger partial charge is 0.381 e. The summed E-state index contributed by atoms with van der Waals surface area (Å²) in [5.74, 6) is 0.674. The number of anilines is 1. The normalized spacial score (nSPS) is 18.6. The van der Waals surface area contributed by atoms with Crippen LogP contribution in [-0.2, 0) is 16.6 Å². The van der Waals surface area contributed by atoms with E-state index in [0.717, 1.165) is 5.69 Å². The highest BCUT2D eigenvalue weighted by Gasteiger charge is 2.39. The van der Waals surface area contributed by atoms with Gasteiger partial charge in [0.25, 0.3) is 0 Å². The highest BCUT2D eigenvalue weighted by Crippen LogP contribution is 2.30. The van der Waals surface area contributed by atoms with E-state index in [1.807, 2.05) is 20.0 Å². The summed E-state index contributed by atoms with van der Waals surface area (Å²) < 4.78 is 6.97. The third-order valence-corrected chi connectivity index (χ3v) is 3.57. The van der Waals surface area contributed by atoms with Gasteiger partial charge >= 0.3 is 0 Å². The van der Waals surface area contributed by atoms with E-state index >= 15 is 0 Å². The predicted octanol–water partition coefficient (Wildman–Crippen LogP) is 0.423. The standard InChI is InChI=1S/C12H20N4O2/c1-9-7-10(16(2)15-9)14-11(17)12(8-13)3-5-18-6-4-12/h7H,3-6,8,13H2,1-2H3,(H,14,17). The molecule has 0 bridgehead atoms. The molecule has 1 aromatic heterocycles. The van der Waals surface area contributed by atoms with Gasteiger partial charge < -0.3 is 15.8 Å². The fraction of sp³-hybridized carbons (Fsp3) is 0.667. The Labute approximate surface area is 106 Å². The van der Waals surface area contributed by atoms with Crippen molar-refractivity contribution < 1.29 is 9.53 Å². The molecule has 1 fully saturated rings. The number of amides is 1. The number of aromatic nitrogens is 2. The van der Waals surface area contributed by atoms with E-state index in [0.29, 0.717) is 38.4 Å². The topological polar surface area (TPSA) is 82.2 Å².